The van der Waals surface area contributed by atoms with E-state index in [4.69, 9.17) is 0 Å². The first-order valence-electron chi connectivity index (χ1n) is 8.21. The molecule has 0 aliphatic carbocycles. The van der Waals surface area contributed by atoms with Gasteiger partial charge < -0.3 is 0 Å². The highest BCUT2D eigenvalue weighted by atomic mass is 32.2. The van der Waals surface area contributed by atoms with Gasteiger partial charge in [-0.2, -0.15) is 4.31 Å². The molecule has 1 aliphatic heterocycles. The van der Waals surface area contributed by atoms with Gasteiger partial charge in [-0.3, -0.25) is 10.1 Å². The Labute approximate surface area is 151 Å². The Balaban J connectivity index is 2.00. The number of hydrogen-bond acceptors (Lipinski definition) is 5. The number of benzene rings is 1. The first-order chi connectivity index (χ1) is 11.9. The second-order valence-corrected chi connectivity index (χ2v) is 9.04. The second kappa shape index (κ2) is 7.23. The summed E-state index contributed by atoms with van der Waals surface area (Å²) in [4.78, 5) is 11.5. The molecule has 25 heavy (non-hydrogen) atoms. The Kier molecular flexibility index (Phi) is 5.21. The van der Waals surface area contributed by atoms with Gasteiger partial charge in [0.15, 0.2) is 0 Å². The molecule has 134 valence electrons. The average Bonchev–Trinajstić information content (AvgIpc) is 2.86. The van der Waals surface area contributed by atoms with Crippen LogP contribution in [0.4, 0.5) is 5.69 Å². The number of rotatable bonds is 4. The van der Waals surface area contributed by atoms with Crippen LogP contribution in [0.25, 0.3) is 0 Å². The molecule has 1 aromatic heterocycles. The fourth-order valence-corrected chi connectivity index (χ4v) is 6.04. The van der Waals surface area contributed by atoms with Gasteiger partial charge in [-0.25, -0.2) is 8.42 Å². The van der Waals surface area contributed by atoms with Crippen molar-refractivity contribution in [2.24, 2.45) is 0 Å². The molecule has 0 saturated carbocycles. The van der Waals surface area contributed by atoms with Crippen LogP contribution in [0, 0.1) is 17.0 Å². The van der Waals surface area contributed by atoms with Gasteiger partial charge in [0.25, 0.3) is 5.69 Å². The Morgan fingerprint density at radius 1 is 1.16 bits per heavy atom. The monoisotopic (exact) mass is 380 g/mol. The molecule has 1 saturated heterocycles. The number of aryl methyl sites for hydroxylation is 1. The summed E-state index contributed by atoms with van der Waals surface area (Å²) in [6, 6.07) is 7.00. The highest BCUT2D eigenvalue weighted by Crippen LogP contribution is 2.38. The maximum absolute atomic E-state index is 13.2. The number of nitro benzene ring substituents is 1. The van der Waals surface area contributed by atoms with E-state index in [1.807, 2.05) is 18.4 Å². The van der Waals surface area contributed by atoms with Crippen LogP contribution in [0.15, 0.2) is 40.6 Å². The summed E-state index contributed by atoms with van der Waals surface area (Å²) < 4.78 is 28.0. The van der Waals surface area contributed by atoms with Gasteiger partial charge in [-0.1, -0.05) is 12.8 Å². The summed E-state index contributed by atoms with van der Waals surface area (Å²) in [5.74, 6) is 0. The van der Waals surface area contributed by atoms with Crippen LogP contribution < -0.4 is 0 Å². The molecule has 1 aliphatic rings. The topological polar surface area (TPSA) is 80.5 Å². The lowest BCUT2D eigenvalue weighted by Crippen LogP contribution is -2.34. The maximum atomic E-state index is 13.2. The van der Waals surface area contributed by atoms with E-state index in [1.165, 1.54) is 24.3 Å². The van der Waals surface area contributed by atoms with E-state index < -0.39 is 14.9 Å². The molecule has 0 radical (unpaired) electrons. The van der Waals surface area contributed by atoms with Crippen molar-refractivity contribution in [3.05, 3.63) is 56.3 Å². The van der Waals surface area contributed by atoms with Crippen LogP contribution in [-0.4, -0.2) is 24.2 Å². The minimum atomic E-state index is -3.70. The zero-order chi connectivity index (χ0) is 18.0. The van der Waals surface area contributed by atoms with Crippen molar-refractivity contribution in [1.29, 1.82) is 0 Å². The van der Waals surface area contributed by atoms with Crippen LogP contribution in [0.2, 0.25) is 0 Å². The lowest BCUT2D eigenvalue weighted by atomic mass is 10.1. The third-order valence-electron chi connectivity index (χ3n) is 4.56. The predicted molar refractivity (Wildman–Crippen MR) is 97.3 cm³/mol. The minimum absolute atomic E-state index is 0.110. The van der Waals surface area contributed by atoms with Crippen LogP contribution >= 0.6 is 11.3 Å². The van der Waals surface area contributed by atoms with Crippen molar-refractivity contribution in [2.45, 2.75) is 43.5 Å². The maximum Gasteiger partial charge on any atom is 0.269 e. The van der Waals surface area contributed by atoms with Crippen LogP contribution in [0.1, 0.15) is 42.2 Å². The van der Waals surface area contributed by atoms with Gasteiger partial charge in [0, 0.05) is 23.6 Å². The van der Waals surface area contributed by atoms with E-state index in [9.17, 15) is 18.5 Å². The van der Waals surface area contributed by atoms with Crippen molar-refractivity contribution < 1.29 is 13.3 Å². The largest absolute Gasteiger partial charge is 0.269 e. The summed E-state index contributed by atoms with van der Waals surface area (Å²) in [6.07, 6.45) is 3.63. The number of sulfonamides is 1. The molecule has 1 atom stereocenters. The van der Waals surface area contributed by atoms with Gasteiger partial charge in [-0.15, -0.1) is 11.3 Å². The number of nitrogens with zero attached hydrogens (tertiary/aromatic N) is 2. The smallest absolute Gasteiger partial charge is 0.258 e. The summed E-state index contributed by atoms with van der Waals surface area (Å²) in [7, 11) is -3.70. The van der Waals surface area contributed by atoms with E-state index in [2.05, 4.69) is 0 Å². The van der Waals surface area contributed by atoms with Crippen LogP contribution in [0.3, 0.4) is 0 Å². The molecule has 0 bridgehead atoms. The van der Waals surface area contributed by atoms with Crippen molar-refractivity contribution in [3.8, 4) is 0 Å². The van der Waals surface area contributed by atoms with Gasteiger partial charge in [0.1, 0.15) is 0 Å². The highest BCUT2D eigenvalue weighted by molar-refractivity contribution is 7.89. The quantitative estimate of drug-likeness (QED) is 0.586. The van der Waals surface area contributed by atoms with E-state index in [0.717, 1.165) is 36.1 Å². The molecular weight excluding hydrogens is 360 g/mol. The third kappa shape index (κ3) is 3.61. The van der Waals surface area contributed by atoms with Gasteiger partial charge >= 0.3 is 0 Å². The summed E-state index contributed by atoms with van der Waals surface area (Å²) in [6.45, 7) is 2.48. The predicted octanol–water partition coefficient (Wildman–Crippen LogP) is 4.27. The minimum Gasteiger partial charge on any atom is -0.258 e. The van der Waals surface area contributed by atoms with Crippen LogP contribution in [0.5, 0.6) is 0 Å². The summed E-state index contributed by atoms with van der Waals surface area (Å²) >= 11 is 1.59. The van der Waals surface area contributed by atoms with E-state index in [-0.39, 0.29) is 16.6 Å². The molecule has 3 rings (SSSR count). The van der Waals surface area contributed by atoms with Crippen LogP contribution in [-0.2, 0) is 10.0 Å². The summed E-state index contributed by atoms with van der Waals surface area (Å²) in [5.41, 5.74) is 1.00. The Hall–Kier alpha value is -1.77. The van der Waals surface area contributed by atoms with Gasteiger partial charge in [0.05, 0.1) is 15.9 Å². The third-order valence-corrected chi connectivity index (χ3v) is 7.60. The molecule has 2 aromatic rings. The molecular formula is C17H20N2O4S2. The highest BCUT2D eigenvalue weighted by Gasteiger charge is 2.34. The zero-order valence-corrected chi connectivity index (χ0v) is 15.6. The average molecular weight is 380 g/mol. The lowest BCUT2D eigenvalue weighted by Gasteiger charge is -2.29. The standard InChI is InChI=1S/C17H20N2O4S2/c1-13-10-12-24-17(13)16-5-3-2-4-11-18(16)25(22,23)15-8-6-14(7-9-15)19(20)21/h6-10,12,16H,2-5,11H2,1H3/t16-/m1/s1. The first kappa shape index (κ1) is 18.0. The van der Waals surface area contributed by atoms with Gasteiger partial charge in [-0.05, 0) is 48.9 Å². The number of non-ortho nitro benzene ring substituents is 1. The Morgan fingerprint density at radius 3 is 2.48 bits per heavy atom. The van der Waals surface area contributed by atoms with Crippen molar-refractivity contribution in [2.75, 3.05) is 6.54 Å². The molecule has 0 unspecified atom stereocenters. The number of hydrogen-bond donors (Lipinski definition) is 0. The molecule has 1 aromatic carbocycles. The fraction of sp³-hybridized carbons (Fsp3) is 0.412. The molecule has 0 amide bonds. The van der Waals surface area contributed by atoms with Gasteiger partial charge in [0.2, 0.25) is 10.0 Å². The molecule has 6 nitrogen and oxygen atoms in total. The molecule has 1 fully saturated rings. The molecule has 8 heteroatoms. The van der Waals surface area contributed by atoms with E-state index in [1.54, 1.807) is 15.6 Å². The lowest BCUT2D eigenvalue weighted by molar-refractivity contribution is -0.384. The van der Waals surface area contributed by atoms with Crippen molar-refractivity contribution >= 4 is 27.0 Å². The molecule has 0 spiro atoms. The Morgan fingerprint density at radius 2 is 1.88 bits per heavy atom. The van der Waals surface area contributed by atoms with Crippen molar-refractivity contribution in [1.82, 2.24) is 4.31 Å². The molecule has 2 heterocycles. The van der Waals surface area contributed by atoms with E-state index in [0.29, 0.717) is 6.54 Å². The second-order valence-electron chi connectivity index (χ2n) is 6.20. The Bertz CT molecular complexity index is 859. The zero-order valence-electron chi connectivity index (χ0n) is 13.9. The normalized spacial score (nSPS) is 19.5. The van der Waals surface area contributed by atoms with E-state index >= 15 is 0 Å². The number of nitro groups is 1. The fourth-order valence-electron chi connectivity index (χ4n) is 3.23. The summed E-state index contributed by atoms with van der Waals surface area (Å²) in [5, 5.41) is 12.8. The van der Waals surface area contributed by atoms with Crippen molar-refractivity contribution in [3.63, 3.8) is 0 Å². The SMILES string of the molecule is Cc1ccsc1[C@H]1CCCCCN1S(=O)(=O)c1ccc([N+](=O)[O-])cc1. The first-order valence-corrected chi connectivity index (χ1v) is 10.5. The number of thiophene rings is 1. The molecule has 0 N–H and O–H groups in total.